The second-order valence-corrected chi connectivity index (χ2v) is 2.56. The van der Waals surface area contributed by atoms with Crippen LogP contribution in [0.3, 0.4) is 0 Å². The van der Waals surface area contributed by atoms with E-state index >= 15 is 0 Å². The molecule has 0 radical (unpaired) electrons. The molecule has 0 aliphatic rings. The third-order valence-corrected chi connectivity index (χ3v) is 1.53. The Hall–Kier alpha value is -1.51. The van der Waals surface area contributed by atoms with E-state index in [1.165, 1.54) is 12.5 Å². The topological polar surface area (TPSA) is 39.4 Å². The van der Waals surface area contributed by atoms with E-state index in [0.717, 1.165) is 0 Å². The van der Waals surface area contributed by atoms with Crippen molar-refractivity contribution in [2.24, 2.45) is 0 Å². The van der Waals surface area contributed by atoms with Gasteiger partial charge in [-0.15, -0.1) is 0 Å². The Morgan fingerprint density at radius 3 is 3.00 bits per heavy atom. The Kier molecular flexibility index (Phi) is 3.31. The number of hydrogen-bond donors (Lipinski definition) is 0. The summed E-state index contributed by atoms with van der Waals surface area (Å²) in [6.07, 6.45) is 2.92. The Labute approximate surface area is 77.0 Å². The highest BCUT2D eigenvalue weighted by Gasteiger charge is 2.10. The molecule has 3 heteroatoms. The molecule has 13 heavy (non-hydrogen) atoms. The van der Waals surface area contributed by atoms with Crippen LogP contribution in [0.4, 0.5) is 0 Å². The number of carbonyl (C=O) groups is 1. The summed E-state index contributed by atoms with van der Waals surface area (Å²) in [5.41, 5.74) is 0.539. The van der Waals surface area contributed by atoms with Crippen molar-refractivity contribution in [1.82, 2.24) is 0 Å². The molecule has 3 nitrogen and oxygen atoms in total. The number of hydrogen-bond acceptors (Lipinski definition) is 3. The molecule has 0 fully saturated rings. The smallest absolute Gasteiger partial charge is 0.226 e. The second kappa shape index (κ2) is 4.50. The fourth-order valence-electron chi connectivity index (χ4n) is 0.864. The van der Waals surface area contributed by atoms with Crippen molar-refractivity contribution < 1.29 is 13.9 Å². The molecule has 0 atom stereocenters. The predicted molar refractivity (Wildman–Crippen MR) is 48.4 cm³/mol. The van der Waals surface area contributed by atoms with Gasteiger partial charge in [-0.3, -0.25) is 4.79 Å². The van der Waals surface area contributed by atoms with E-state index in [-0.39, 0.29) is 5.78 Å². The van der Waals surface area contributed by atoms with Crippen molar-refractivity contribution >= 4 is 5.78 Å². The minimum Gasteiger partial charge on any atom is -0.501 e. The van der Waals surface area contributed by atoms with E-state index in [2.05, 4.69) is 0 Å². The van der Waals surface area contributed by atoms with Crippen molar-refractivity contribution in [3.8, 4) is 0 Å². The van der Waals surface area contributed by atoms with Gasteiger partial charge < -0.3 is 9.15 Å². The molecule has 0 unspecified atom stereocenters. The summed E-state index contributed by atoms with van der Waals surface area (Å²) in [7, 11) is 0. The standard InChI is InChI=1S/C10H12O3/c1-3-12-7-8(2)10(11)9-5-4-6-13-9/h4-7H,3H2,1-2H3/b8-7+. The third-order valence-electron chi connectivity index (χ3n) is 1.53. The number of furan rings is 1. The fourth-order valence-corrected chi connectivity index (χ4v) is 0.864. The van der Waals surface area contributed by atoms with Crippen molar-refractivity contribution in [2.75, 3.05) is 6.61 Å². The fraction of sp³-hybridized carbons (Fsp3) is 0.300. The monoisotopic (exact) mass is 180 g/mol. The molecular weight excluding hydrogens is 168 g/mol. The zero-order chi connectivity index (χ0) is 9.68. The van der Waals surface area contributed by atoms with Crippen LogP contribution in [0, 0.1) is 0 Å². The van der Waals surface area contributed by atoms with Crippen LogP contribution >= 0.6 is 0 Å². The van der Waals surface area contributed by atoms with Crippen LogP contribution in [0.25, 0.3) is 0 Å². The van der Waals surface area contributed by atoms with Gasteiger partial charge in [-0.05, 0) is 26.0 Å². The van der Waals surface area contributed by atoms with Crippen LogP contribution in [0.2, 0.25) is 0 Å². The van der Waals surface area contributed by atoms with E-state index in [0.29, 0.717) is 17.9 Å². The SMILES string of the molecule is CCO/C=C(\C)C(=O)c1ccco1. The van der Waals surface area contributed by atoms with Crippen LogP contribution in [0.15, 0.2) is 34.6 Å². The van der Waals surface area contributed by atoms with Crippen LogP contribution in [-0.4, -0.2) is 12.4 Å². The van der Waals surface area contributed by atoms with E-state index in [9.17, 15) is 4.79 Å². The molecular formula is C10H12O3. The van der Waals surface area contributed by atoms with Crippen LogP contribution < -0.4 is 0 Å². The van der Waals surface area contributed by atoms with E-state index in [4.69, 9.17) is 9.15 Å². The van der Waals surface area contributed by atoms with Crippen molar-refractivity contribution in [1.29, 1.82) is 0 Å². The average molecular weight is 180 g/mol. The summed E-state index contributed by atoms with van der Waals surface area (Å²) >= 11 is 0. The maximum absolute atomic E-state index is 11.5. The molecule has 0 aliphatic heterocycles. The van der Waals surface area contributed by atoms with Crippen LogP contribution in [-0.2, 0) is 4.74 Å². The van der Waals surface area contributed by atoms with Crippen LogP contribution in [0.1, 0.15) is 24.4 Å². The lowest BCUT2D eigenvalue weighted by molar-refractivity contribution is 0.0999. The first-order valence-corrected chi connectivity index (χ1v) is 4.12. The van der Waals surface area contributed by atoms with Crippen molar-refractivity contribution in [3.05, 3.63) is 36.0 Å². The van der Waals surface area contributed by atoms with Gasteiger partial charge in [-0.2, -0.15) is 0 Å². The first-order chi connectivity index (χ1) is 6.25. The molecule has 70 valence electrons. The largest absolute Gasteiger partial charge is 0.501 e. The second-order valence-electron chi connectivity index (χ2n) is 2.56. The lowest BCUT2D eigenvalue weighted by Crippen LogP contribution is -1.99. The normalized spacial score (nSPS) is 11.4. The Morgan fingerprint density at radius 2 is 2.46 bits per heavy atom. The average Bonchev–Trinajstić information content (AvgIpc) is 2.65. The molecule has 0 amide bonds. The predicted octanol–water partition coefficient (Wildman–Crippen LogP) is 2.40. The molecule has 0 saturated heterocycles. The van der Waals surface area contributed by atoms with E-state index in [1.54, 1.807) is 19.1 Å². The number of ketones is 1. The molecule has 0 bridgehead atoms. The molecule has 1 heterocycles. The van der Waals surface area contributed by atoms with Gasteiger partial charge in [-0.1, -0.05) is 0 Å². The zero-order valence-electron chi connectivity index (χ0n) is 7.74. The molecule has 0 saturated carbocycles. The molecule has 0 aliphatic carbocycles. The van der Waals surface area contributed by atoms with Crippen LogP contribution in [0.5, 0.6) is 0 Å². The maximum atomic E-state index is 11.5. The summed E-state index contributed by atoms with van der Waals surface area (Å²) < 4.78 is 9.94. The highest BCUT2D eigenvalue weighted by Crippen LogP contribution is 2.08. The van der Waals surface area contributed by atoms with Crippen molar-refractivity contribution in [3.63, 3.8) is 0 Å². The lowest BCUT2D eigenvalue weighted by Gasteiger charge is -1.97. The summed E-state index contributed by atoms with van der Waals surface area (Å²) in [5.74, 6) is 0.201. The van der Waals surface area contributed by atoms with E-state index < -0.39 is 0 Å². The molecule has 0 N–H and O–H groups in total. The number of carbonyl (C=O) groups excluding carboxylic acids is 1. The minimum absolute atomic E-state index is 0.140. The third kappa shape index (κ3) is 2.47. The Balaban J connectivity index is 2.68. The number of rotatable bonds is 4. The number of ether oxygens (including phenoxy) is 1. The van der Waals surface area contributed by atoms with Gasteiger partial charge in [0.15, 0.2) is 5.76 Å². The molecule has 0 aromatic carbocycles. The summed E-state index contributed by atoms with van der Waals surface area (Å²) in [6, 6.07) is 3.31. The lowest BCUT2D eigenvalue weighted by atomic mass is 10.2. The van der Waals surface area contributed by atoms with Gasteiger partial charge in [0.05, 0.1) is 19.1 Å². The Bertz CT molecular complexity index is 296. The van der Waals surface area contributed by atoms with Gasteiger partial charge in [0, 0.05) is 5.57 Å². The Morgan fingerprint density at radius 1 is 1.69 bits per heavy atom. The van der Waals surface area contributed by atoms with Gasteiger partial charge in [0.2, 0.25) is 5.78 Å². The highest BCUT2D eigenvalue weighted by molar-refractivity contribution is 6.06. The zero-order valence-corrected chi connectivity index (χ0v) is 7.74. The first kappa shape index (κ1) is 9.58. The van der Waals surface area contributed by atoms with Crippen molar-refractivity contribution in [2.45, 2.75) is 13.8 Å². The number of Topliss-reactive ketones (excluding diaryl/α,β-unsaturated/α-hetero) is 1. The van der Waals surface area contributed by atoms with Gasteiger partial charge in [0.1, 0.15) is 0 Å². The van der Waals surface area contributed by atoms with E-state index in [1.807, 2.05) is 6.92 Å². The molecule has 0 spiro atoms. The molecule has 1 aromatic heterocycles. The maximum Gasteiger partial charge on any atom is 0.226 e. The summed E-state index contributed by atoms with van der Waals surface area (Å²) in [4.78, 5) is 11.5. The summed E-state index contributed by atoms with van der Waals surface area (Å²) in [6.45, 7) is 4.12. The van der Waals surface area contributed by atoms with Gasteiger partial charge in [0.25, 0.3) is 0 Å². The molecule has 1 aromatic rings. The molecule has 1 rings (SSSR count). The van der Waals surface area contributed by atoms with Gasteiger partial charge in [-0.25, -0.2) is 0 Å². The minimum atomic E-state index is -0.140. The first-order valence-electron chi connectivity index (χ1n) is 4.12. The quantitative estimate of drug-likeness (QED) is 0.405. The highest BCUT2D eigenvalue weighted by atomic mass is 16.5. The summed E-state index contributed by atoms with van der Waals surface area (Å²) in [5, 5.41) is 0. The number of allylic oxidation sites excluding steroid dienone is 1. The van der Waals surface area contributed by atoms with Gasteiger partial charge >= 0.3 is 0 Å².